The molecule has 0 radical (unpaired) electrons. The van der Waals surface area contributed by atoms with Gasteiger partial charge in [-0.25, -0.2) is 0 Å². The first kappa shape index (κ1) is 9.23. The summed E-state index contributed by atoms with van der Waals surface area (Å²) in [6.07, 6.45) is 11.5. The van der Waals surface area contributed by atoms with E-state index >= 15 is 0 Å². The van der Waals surface area contributed by atoms with Crippen LogP contribution >= 0.6 is 0 Å². The summed E-state index contributed by atoms with van der Waals surface area (Å²) in [5.41, 5.74) is 7.36. The molecule has 4 rings (SSSR count). The Morgan fingerprint density at radius 2 is 1.59 bits per heavy atom. The van der Waals surface area contributed by atoms with Crippen LogP contribution in [-0.4, -0.2) is 0 Å². The SMILES string of the molecule is CC1=CC=C2c3ccccc3C3=CC=CC1C32. The topological polar surface area (TPSA) is 0 Å². The van der Waals surface area contributed by atoms with Gasteiger partial charge in [0.05, 0.1) is 0 Å². The van der Waals surface area contributed by atoms with E-state index in [4.69, 9.17) is 0 Å². The molecular formula is C17H14. The minimum absolute atomic E-state index is 0.572. The molecule has 17 heavy (non-hydrogen) atoms. The summed E-state index contributed by atoms with van der Waals surface area (Å²) in [5.74, 6) is 1.14. The lowest BCUT2D eigenvalue weighted by atomic mass is 9.74. The first-order valence-corrected chi connectivity index (χ1v) is 6.23. The molecule has 0 bridgehead atoms. The monoisotopic (exact) mass is 218 g/mol. The highest BCUT2D eigenvalue weighted by molar-refractivity contribution is 5.97. The molecule has 0 N–H and O–H groups in total. The van der Waals surface area contributed by atoms with Crippen LogP contribution in [0.2, 0.25) is 0 Å². The lowest BCUT2D eigenvalue weighted by Gasteiger charge is -2.29. The molecule has 82 valence electrons. The summed E-state index contributed by atoms with van der Waals surface area (Å²) in [5, 5.41) is 0. The summed E-state index contributed by atoms with van der Waals surface area (Å²) < 4.78 is 0. The molecule has 0 fully saturated rings. The van der Waals surface area contributed by atoms with E-state index in [-0.39, 0.29) is 0 Å². The highest BCUT2D eigenvalue weighted by Gasteiger charge is 2.38. The van der Waals surface area contributed by atoms with Gasteiger partial charge in [0, 0.05) is 11.8 Å². The molecule has 3 aliphatic carbocycles. The lowest BCUT2D eigenvalue weighted by molar-refractivity contribution is 0.665. The average Bonchev–Trinajstić information content (AvgIpc) is 2.70. The fourth-order valence-electron chi connectivity index (χ4n) is 3.40. The van der Waals surface area contributed by atoms with E-state index in [0.717, 1.165) is 0 Å². The zero-order chi connectivity index (χ0) is 11.4. The molecule has 1 aromatic carbocycles. The van der Waals surface area contributed by atoms with Crippen molar-refractivity contribution in [1.29, 1.82) is 0 Å². The molecule has 0 aliphatic heterocycles. The minimum Gasteiger partial charge on any atom is -0.0764 e. The van der Waals surface area contributed by atoms with Crippen LogP contribution < -0.4 is 0 Å². The number of benzene rings is 1. The molecule has 3 aliphatic rings. The van der Waals surface area contributed by atoms with Gasteiger partial charge in [0.25, 0.3) is 0 Å². The Hall–Kier alpha value is -1.82. The summed E-state index contributed by atoms with van der Waals surface area (Å²) in [6, 6.07) is 8.80. The van der Waals surface area contributed by atoms with Gasteiger partial charge in [0.15, 0.2) is 0 Å². The van der Waals surface area contributed by atoms with Crippen LogP contribution in [0, 0.1) is 11.8 Å². The van der Waals surface area contributed by atoms with E-state index in [0.29, 0.717) is 11.8 Å². The Morgan fingerprint density at radius 1 is 0.882 bits per heavy atom. The molecule has 2 unspecified atom stereocenters. The van der Waals surface area contributed by atoms with Crippen LogP contribution in [0.5, 0.6) is 0 Å². The second-order valence-corrected chi connectivity index (χ2v) is 5.09. The van der Waals surface area contributed by atoms with Gasteiger partial charge in [-0.3, -0.25) is 0 Å². The van der Waals surface area contributed by atoms with Crippen LogP contribution in [0.3, 0.4) is 0 Å². The molecule has 0 heteroatoms. The number of rotatable bonds is 0. The van der Waals surface area contributed by atoms with Crippen molar-refractivity contribution in [2.24, 2.45) is 11.8 Å². The first-order chi connectivity index (χ1) is 8.36. The smallest absolute Gasteiger partial charge is 0.0202 e. The fraction of sp³-hybridized carbons (Fsp3) is 0.176. The Kier molecular flexibility index (Phi) is 1.69. The highest BCUT2D eigenvalue weighted by atomic mass is 14.4. The molecule has 1 aromatic rings. The van der Waals surface area contributed by atoms with Crippen LogP contribution in [0.1, 0.15) is 18.1 Å². The zero-order valence-corrected chi connectivity index (χ0v) is 9.85. The molecule has 0 heterocycles. The molecule has 0 spiro atoms. The van der Waals surface area contributed by atoms with Gasteiger partial charge in [-0.05, 0) is 29.2 Å². The Labute approximate surface area is 102 Å². The molecule has 0 aromatic heterocycles. The van der Waals surface area contributed by atoms with Crippen molar-refractivity contribution in [1.82, 2.24) is 0 Å². The van der Waals surface area contributed by atoms with E-state index in [1.54, 1.807) is 0 Å². The third-order valence-electron chi connectivity index (χ3n) is 4.22. The molecular weight excluding hydrogens is 204 g/mol. The standard InChI is InChI=1S/C17H14/c1-11-9-10-16-14-6-3-2-5-13(14)15-8-4-7-12(11)17(15)16/h2-10,12,17H,1H3. The Bertz CT molecular complexity index is 623. The van der Waals surface area contributed by atoms with Gasteiger partial charge < -0.3 is 0 Å². The maximum absolute atomic E-state index is 2.35. The van der Waals surface area contributed by atoms with Crippen molar-refractivity contribution in [3.8, 4) is 0 Å². The van der Waals surface area contributed by atoms with E-state index < -0.39 is 0 Å². The van der Waals surface area contributed by atoms with E-state index in [2.05, 4.69) is 61.6 Å². The number of hydrogen-bond donors (Lipinski definition) is 0. The van der Waals surface area contributed by atoms with Gasteiger partial charge in [-0.15, -0.1) is 0 Å². The number of hydrogen-bond acceptors (Lipinski definition) is 0. The predicted molar refractivity (Wildman–Crippen MR) is 72.3 cm³/mol. The third-order valence-corrected chi connectivity index (χ3v) is 4.22. The second-order valence-electron chi connectivity index (χ2n) is 5.09. The largest absolute Gasteiger partial charge is 0.0764 e. The Morgan fingerprint density at radius 3 is 2.35 bits per heavy atom. The molecule has 0 saturated carbocycles. The van der Waals surface area contributed by atoms with Gasteiger partial charge in [-0.2, -0.15) is 0 Å². The molecule has 0 amide bonds. The van der Waals surface area contributed by atoms with Gasteiger partial charge in [0.1, 0.15) is 0 Å². The first-order valence-electron chi connectivity index (χ1n) is 6.23. The summed E-state index contributed by atoms with van der Waals surface area (Å²) >= 11 is 0. The normalized spacial score (nSPS) is 27.9. The summed E-state index contributed by atoms with van der Waals surface area (Å²) in [7, 11) is 0. The maximum atomic E-state index is 2.35. The minimum atomic E-state index is 0.572. The van der Waals surface area contributed by atoms with Gasteiger partial charge in [0.2, 0.25) is 0 Å². The van der Waals surface area contributed by atoms with Crippen LogP contribution in [-0.2, 0) is 0 Å². The highest BCUT2D eigenvalue weighted by Crippen LogP contribution is 2.53. The zero-order valence-electron chi connectivity index (χ0n) is 9.85. The average molecular weight is 218 g/mol. The van der Waals surface area contributed by atoms with E-state index in [1.807, 2.05) is 0 Å². The van der Waals surface area contributed by atoms with Crippen LogP contribution in [0.15, 0.2) is 60.2 Å². The third kappa shape index (κ3) is 1.08. The molecule has 0 saturated heterocycles. The molecule has 2 atom stereocenters. The predicted octanol–water partition coefficient (Wildman–Crippen LogP) is 4.23. The van der Waals surface area contributed by atoms with E-state index in [9.17, 15) is 0 Å². The van der Waals surface area contributed by atoms with Gasteiger partial charge in [-0.1, -0.05) is 60.2 Å². The lowest BCUT2D eigenvalue weighted by Crippen LogP contribution is -2.17. The number of fused-ring (bicyclic) bond motifs is 3. The van der Waals surface area contributed by atoms with Crippen molar-refractivity contribution in [2.75, 3.05) is 0 Å². The molecule has 0 nitrogen and oxygen atoms in total. The van der Waals surface area contributed by atoms with Crippen molar-refractivity contribution >= 4 is 11.1 Å². The summed E-state index contributed by atoms with van der Waals surface area (Å²) in [6.45, 7) is 2.24. The van der Waals surface area contributed by atoms with Crippen molar-refractivity contribution in [3.63, 3.8) is 0 Å². The van der Waals surface area contributed by atoms with Crippen molar-refractivity contribution < 1.29 is 0 Å². The van der Waals surface area contributed by atoms with Crippen molar-refractivity contribution in [2.45, 2.75) is 6.92 Å². The summed E-state index contributed by atoms with van der Waals surface area (Å²) in [4.78, 5) is 0. The van der Waals surface area contributed by atoms with E-state index in [1.165, 1.54) is 27.8 Å². The quantitative estimate of drug-likeness (QED) is 0.611. The fourth-order valence-corrected chi connectivity index (χ4v) is 3.40. The van der Waals surface area contributed by atoms with Crippen LogP contribution in [0.25, 0.3) is 11.1 Å². The van der Waals surface area contributed by atoms with Crippen molar-refractivity contribution in [3.05, 3.63) is 71.3 Å². The van der Waals surface area contributed by atoms with Crippen LogP contribution in [0.4, 0.5) is 0 Å². The second kappa shape index (κ2) is 3.10. The van der Waals surface area contributed by atoms with Gasteiger partial charge >= 0.3 is 0 Å². The Balaban J connectivity index is 2.05. The maximum Gasteiger partial charge on any atom is 0.0202 e. The number of allylic oxidation sites excluding steroid dienone is 8.